The molecule has 1 aromatic heterocycles. The summed E-state index contributed by atoms with van der Waals surface area (Å²) in [6.07, 6.45) is 1.28. The summed E-state index contributed by atoms with van der Waals surface area (Å²) < 4.78 is 22.3. The van der Waals surface area contributed by atoms with Gasteiger partial charge in [0.1, 0.15) is 9.92 Å². The summed E-state index contributed by atoms with van der Waals surface area (Å²) in [6, 6.07) is 9.29. The Morgan fingerprint density at radius 3 is 2.42 bits per heavy atom. The van der Waals surface area contributed by atoms with Gasteiger partial charge in [0.05, 0.1) is 0 Å². The maximum Gasteiger partial charge on any atom is 0.239 e. The molecular weight excluding hydrogens is 280 g/mol. The van der Waals surface area contributed by atoms with Crippen LogP contribution in [0.3, 0.4) is 0 Å². The highest BCUT2D eigenvalue weighted by atomic mass is 32.2. The van der Waals surface area contributed by atoms with Crippen molar-refractivity contribution in [1.29, 1.82) is 0 Å². The first-order valence-corrected chi connectivity index (χ1v) is 7.96. The molecule has 0 aliphatic carbocycles. The van der Waals surface area contributed by atoms with Crippen molar-refractivity contribution in [1.82, 2.24) is 4.98 Å². The third-order valence-electron chi connectivity index (χ3n) is 2.58. The van der Waals surface area contributed by atoms with Crippen molar-refractivity contribution in [2.45, 2.75) is 28.7 Å². The number of aromatic nitrogens is 1. The molecule has 0 amide bonds. The van der Waals surface area contributed by atoms with Gasteiger partial charge >= 0.3 is 0 Å². The molecule has 4 nitrogen and oxygen atoms in total. The van der Waals surface area contributed by atoms with Crippen LogP contribution in [0, 0.1) is 13.8 Å². The molecule has 6 heteroatoms. The number of nitrogens with zero attached hydrogens (tertiary/aromatic N) is 1. The molecule has 2 rings (SSSR count). The Hall–Kier alpha value is -1.37. The second-order valence-electron chi connectivity index (χ2n) is 4.25. The molecule has 0 unspecified atom stereocenters. The van der Waals surface area contributed by atoms with E-state index in [1.807, 2.05) is 26.0 Å². The van der Waals surface area contributed by atoms with Gasteiger partial charge in [-0.15, -0.1) is 0 Å². The zero-order chi connectivity index (χ0) is 14.0. The fraction of sp³-hybridized carbons (Fsp3) is 0.154. The molecule has 2 N–H and O–H groups in total. The van der Waals surface area contributed by atoms with Crippen LogP contribution in [0.25, 0.3) is 0 Å². The molecule has 0 aliphatic rings. The van der Waals surface area contributed by atoms with Crippen molar-refractivity contribution in [3.8, 4) is 0 Å². The first-order chi connectivity index (χ1) is 8.86. The van der Waals surface area contributed by atoms with E-state index in [1.54, 1.807) is 6.07 Å². The largest absolute Gasteiger partial charge is 0.248 e. The van der Waals surface area contributed by atoms with Gasteiger partial charge in [0.25, 0.3) is 0 Å². The summed E-state index contributed by atoms with van der Waals surface area (Å²) in [5.41, 5.74) is 2.38. The molecule has 0 atom stereocenters. The summed E-state index contributed by atoms with van der Waals surface area (Å²) in [6.45, 7) is 4.08. The lowest BCUT2D eigenvalue weighted by Crippen LogP contribution is -2.12. The SMILES string of the molecule is Cc1ccc(Sc2ccc(S(N)(=O)=O)cn2)c(C)c1. The summed E-state index contributed by atoms with van der Waals surface area (Å²) in [7, 11) is -3.68. The summed E-state index contributed by atoms with van der Waals surface area (Å²) >= 11 is 1.50. The van der Waals surface area contributed by atoms with Gasteiger partial charge in [0.15, 0.2) is 0 Å². The first-order valence-electron chi connectivity index (χ1n) is 5.60. The van der Waals surface area contributed by atoms with E-state index in [1.165, 1.54) is 35.2 Å². The molecule has 0 spiro atoms. The van der Waals surface area contributed by atoms with Crippen molar-refractivity contribution >= 4 is 21.8 Å². The van der Waals surface area contributed by atoms with E-state index in [2.05, 4.69) is 11.1 Å². The molecule has 0 saturated heterocycles. The minimum atomic E-state index is -3.68. The van der Waals surface area contributed by atoms with Gasteiger partial charge in [-0.05, 0) is 37.6 Å². The zero-order valence-corrected chi connectivity index (χ0v) is 12.3. The molecule has 0 bridgehead atoms. The Balaban J connectivity index is 2.25. The van der Waals surface area contributed by atoms with Crippen molar-refractivity contribution in [3.05, 3.63) is 47.7 Å². The quantitative estimate of drug-likeness (QED) is 0.944. The summed E-state index contributed by atoms with van der Waals surface area (Å²) in [5, 5.41) is 5.76. The maximum absolute atomic E-state index is 11.1. The van der Waals surface area contributed by atoms with Crippen molar-refractivity contribution < 1.29 is 8.42 Å². The minimum Gasteiger partial charge on any atom is -0.248 e. The number of sulfonamides is 1. The molecule has 0 saturated carbocycles. The Labute approximate surface area is 117 Å². The molecule has 100 valence electrons. The number of pyridine rings is 1. The van der Waals surface area contributed by atoms with E-state index in [-0.39, 0.29) is 4.90 Å². The lowest BCUT2D eigenvalue weighted by molar-refractivity contribution is 0.597. The van der Waals surface area contributed by atoms with Gasteiger partial charge in [-0.2, -0.15) is 0 Å². The van der Waals surface area contributed by atoms with E-state index >= 15 is 0 Å². The average Bonchev–Trinajstić information content (AvgIpc) is 2.32. The Morgan fingerprint density at radius 2 is 1.89 bits per heavy atom. The van der Waals surface area contributed by atoms with Crippen LogP contribution in [0.4, 0.5) is 0 Å². The standard InChI is InChI=1S/C13H14N2O2S2/c1-9-3-5-12(10(2)7-9)18-13-6-4-11(8-15-13)19(14,16)17/h3-8H,1-2H3,(H2,14,16,17). The monoisotopic (exact) mass is 294 g/mol. The highest BCUT2D eigenvalue weighted by Gasteiger charge is 2.09. The van der Waals surface area contributed by atoms with Crippen molar-refractivity contribution in [2.24, 2.45) is 5.14 Å². The van der Waals surface area contributed by atoms with E-state index in [0.717, 1.165) is 9.92 Å². The molecular formula is C13H14N2O2S2. The third-order valence-corrected chi connectivity index (χ3v) is 4.61. The molecule has 1 heterocycles. The number of nitrogens with two attached hydrogens (primary N) is 1. The summed E-state index contributed by atoms with van der Waals surface area (Å²) in [4.78, 5) is 5.23. The number of rotatable bonds is 3. The molecule has 19 heavy (non-hydrogen) atoms. The van der Waals surface area contributed by atoms with Gasteiger partial charge in [0, 0.05) is 11.1 Å². The molecule has 0 radical (unpaired) electrons. The van der Waals surface area contributed by atoms with Gasteiger partial charge in [-0.1, -0.05) is 29.5 Å². The van der Waals surface area contributed by atoms with Crippen LogP contribution < -0.4 is 5.14 Å². The fourth-order valence-electron chi connectivity index (χ4n) is 1.62. The zero-order valence-electron chi connectivity index (χ0n) is 10.6. The molecule has 0 fully saturated rings. The predicted octanol–water partition coefficient (Wildman–Crippen LogP) is 2.50. The van der Waals surface area contributed by atoms with Gasteiger partial charge in [-0.3, -0.25) is 0 Å². The van der Waals surface area contributed by atoms with E-state index < -0.39 is 10.0 Å². The highest BCUT2D eigenvalue weighted by molar-refractivity contribution is 7.99. The topological polar surface area (TPSA) is 73.1 Å². The van der Waals surface area contributed by atoms with Gasteiger partial charge < -0.3 is 0 Å². The second kappa shape index (κ2) is 5.32. The highest BCUT2D eigenvalue weighted by Crippen LogP contribution is 2.29. The number of aryl methyl sites for hydroxylation is 2. The number of hydrogen-bond acceptors (Lipinski definition) is 4. The third kappa shape index (κ3) is 3.56. The minimum absolute atomic E-state index is 0.0254. The number of hydrogen-bond donors (Lipinski definition) is 1. The van der Waals surface area contributed by atoms with Crippen LogP contribution in [-0.2, 0) is 10.0 Å². The Morgan fingerprint density at radius 1 is 1.16 bits per heavy atom. The normalized spacial score (nSPS) is 11.5. The van der Waals surface area contributed by atoms with E-state index in [9.17, 15) is 8.42 Å². The van der Waals surface area contributed by atoms with E-state index in [4.69, 9.17) is 5.14 Å². The maximum atomic E-state index is 11.1. The van der Waals surface area contributed by atoms with Crippen molar-refractivity contribution in [3.63, 3.8) is 0 Å². The van der Waals surface area contributed by atoms with Gasteiger partial charge in [-0.25, -0.2) is 18.5 Å². The van der Waals surface area contributed by atoms with Crippen LogP contribution >= 0.6 is 11.8 Å². The lowest BCUT2D eigenvalue weighted by atomic mass is 10.2. The number of benzene rings is 1. The Bertz CT molecular complexity index is 695. The van der Waals surface area contributed by atoms with E-state index in [0.29, 0.717) is 0 Å². The molecule has 1 aromatic carbocycles. The smallest absolute Gasteiger partial charge is 0.239 e. The fourth-order valence-corrected chi connectivity index (χ4v) is 2.90. The first kappa shape index (κ1) is 14.0. The molecule has 2 aromatic rings. The van der Waals surface area contributed by atoms with Crippen LogP contribution in [-0.4, -0.2) is 13.4 Å². The number of primary sulfonamides is 1. The lowest BCUT2D eigenvalue weighted by Gasteiger charge is -2.06. The van der Waals surface area contributed by atoms with Crippen LogP contribution in [0.1, 0.15) is 11.1 Å². The summed E-state index contributed by atoms with van der Waals surface area (Å²) in [5.74, 6) is 0. The molecule has 0 aliphatic heterocycles. The Kier molecular flexibility index (Phi) is 3.93. The van der Waals surface area contributed by atoms with Crippen LogP contribution in [0.15, 0.2) is 51.3 Å². The average molecular weight is 294 g/mol. The predicted molar refractivity (Wildman–Crippen MR) is 75.6 cm³/mol. The van der Waals surface area contributed by atoms with Crippen LogP contribution in [0.5, 0.6) is 0 Å². The second-order valence-corrected chi connectivity index (χ2v) is 6.87. The van der Waals surface area contributed by atoms with Gasteiger partial charge in [0.2, 0.25) is 10.0 Å². The van der Waals surface area contributed by atoms with Crippen LogP contribution in [0.2, 0.25) is 0 Å². The van der Waals surface area contributed by atoms with Crippen molar-refractivity contribution in [2.75, 3.05) is 0 Å².